The number of amides is 1. The summed E-state index contributed by atoms with van der Waals surface area (Å²) in [6.07, 6.45) is 0.884. The number of nitrogens with two attached hydrogens (primary N) is 1. The highest BCUT2D eigenvalue weighted by atomic mass is 32.2. The van der Waals surface area contributed by atoms with Crippen molar-refractivity contribution in [2.24, 2.45) is 5.73 Å². The van der Waals surface area contributed by atoms with E-state index in [1.165, 1.54) is 28.5 Å². The number of aromatic nitrogens is 3. The van der Waals surface area contributed by atoms with E-state index in [2.05, 4.69) is 4.98 Å². The van der Waals surface area contributed by atoms with Gasteiger partial charge in [0.05, 0.1) is 5.52 Å². The lowest BCUT2D eigenvalue weighted by Gasteiger charge is -2.16. The smallest absolute Gasteiger partial charge is 0.278 e. The molecule has 4 rings (SSSR count). The van der Waals surface area contributed by atoms with Gasteiger partial charge in [-0.05, 0) is 24.6 Å². The Morgan fingerprint density at radius 2 is 2.26 bits per heavy atom. The number of carbonyl (C=O) groups excluding carboxylic acids is 1. The fraction of sp³-hybridized carbons (Fsp3) is 0.267. The summed E-state index contributed by atoms with van der Waals surface area (Å²) in [6.45, 7) is 0.450. The van der Waals surface area contributed by atoms with Crippen molar-refractivity contribution in [1.82, 2.24) is 14.1 Å². The van der Waals surface area contributed by atoms with Gasteiger partial charge in [0, 0.05) is 17.7 Å². The van der Waals surface area contributed by atoms with Crippen LogP contribution in [-0.2, 0) is 17.9 Å². The molecule has 0 spiro atoms. The van der Waals surface area contributed by atoms with Crippen LogP contribution in [0.3, 0.4) is 0 Å². The lowest BCUT2D eigenvalue weighted by atomic mass is 10.2. The van der Waals surface area contributed by atoms with Crippen molar-refractivity contribution in [3.05, 3.63) is 34.4 Å². The van der Waals surface area contributed by atoms with Gasteiger partial charge in [-0.3, -0.25) is 14.2 Å². The monoisotopic (exact) mass is 332 g/mol. The lowest BCUT2D eigenvalue weighted by Crippen LogP contribution is -2.28. The summed E-state index contributed by atoms with van der Waals surface area (Å²) >= 11 is 1.51. The second-order valence-corrected chi connectivity index (χ2v) is 6.53. The highest BCUT2D eigenvalue weighted by Gasteiger charge is 2.22. The summed E-state index contributed by atoms with van der Waals surface area (Å²) in [5, 5.41) is 1.16. The molecule has 0 fully saturated rings. The number of halogens is 1. The van der Waals surface area contributed by atoms with Gasteiger partial charge in [-0.1, -0.05) is 11.8 Å². The second kappa shape index (κ2) is 5.09. The van der Waals surface area contributed by atoms with Crippen LogP contribution in [0.15, 0.2) is 28.2 Å². The minimum absolute atomic E-state index is 0.144. The molecule has 0 saturated heterocycles. The van der Waals surface area contributed by atoms with Crippen LogP contribution in [0.25, 0.3) is 21.9 Å². The van der Waals surface area contributed by atoms with E-state index in [9.17, 15) is 14.0 Å². The first-order chi connectivity index (χ1) is 11.1. The molecule has 0 atom stereocenters. The molecule has 1 aliphatic heterocycles. The summed E-state index contributed by atoms with van der Waals surface area (Å²) in [4.78, 5) is 28.8. The molecule has 3 heterocycles. The van der Waals surface area contributed by atoms with Crippen molar-refractivity contribution < 1.29 is 9.18 Å². The molecule has 2 N–H and O–H groups in total. The highest BCUT2D eigenvalue weighted by Crippen LogP contribution is 2.30. The molecule has 3 aromatic rings. The summed E-state index contributed by atoms with van der Waals surface area (Å²) in [5.41, 5.74) is 6.41. The molecular formula is C15H13FN4O2S. The summed E-state index contributed by atoms with van der Waals surface area (Å²) in [7, 11) is 0. The summed E-state index contributed by atoms with van der Waals surface area (Å²) in [6, 6.07) is 4.18. The average molecular weight is 332 g/mol. The van der Waals surface area contributed by atoms with Gasteiger partial charge in [0.15, 0.2) is 5.16 Å². The summed E-state index contributed by atoms with van der Waals surface area (Å²) in [5.74, 6) is -0.0841. The predicted molar refractivity (Wildman–Crippen MR) is 86.0 cm³/mol. The van der Waals surface area contributed by atoms with Crippen LogP contribution in [0, 0.1) is 5.82 Å². The maximum atomic E-state index is 13.7. The molecule has 1 aliphatic rings. The first kappa shape index (κ1) is 14.3. The van der Waals surface area contributed by atoms with Crippen LogP contribution in [0.4, 0.5) is 4.39 Å². The van der Waals surface area contributed by atoms with E-state index in [0.29, 0.717) is 33.6 Å². The van der Waals surface area contributed by atoms with Gasteiger partial charge in [0.2, 0.25) is 5.91 Å². The van der Waals surface area contributed by atoms with Crippen LogP contribution in [0.5, 0.6) is 0 Å². The minimum atomic E-state index is -0.565. The Kier molecular flexibility index (Phi) is 3.15. The van der Waals surface area contributed by atoms with E-state index in [1.807, 2.05) is 0 Å². The third-order valence-electron chi connectivity index (χ3n) is 3.96. The highest BCUT2D eigenvalue weighted by molar-refractivity contribution is 7.99. The van der Waals surface area contributed by atoms with Crippen LogP contribution >= 0.6 is 11.8 Å². The first-order valence-corrected chi connectivity index (χ1v) is 8.18. The first-order valence-electron chi connectivity index (χ1n) is 7.19. The molecule has 8 heteroatoms. The van der Waals surface area contributed by atoms with Gasteiger partial charge >= 0.3 is 0 Å². The van der Waals surface area contributed by atoms with E-state index >= 15 is 0 Å². The molecule has 0 bridgehead atoms. The number of carbonyl (C=O) groups is 1. The molecule has 0 saturated carbocycles. The number of benzene rings is 1. The molecule has 6 nitrogen and oxygen atoms in total. The number of hydrogen-bond donors (Lipinski definition) is 1. The number of nitrogens with zero attached hydrogens (tertiary/aromatic N) is 3. The normalized spacial score (nSPS) is 14.3. The number of hydrogen-bond acceptors (Lipinski definition) is 4. The third-order valence-corrected chi connectivity index (χ3v) is 5.02. The lowest BCUT2D eigenvalue weighted by molar-refractivity contribution is -0.118. The second-order valence-electron chi connectivity index (χ2n) is 5.46. The van der Waals surface area contributed by atoms with E-state index in [-0.39, 0.29) is 12.1 Å². The van der Waals surface area contributed by atoms with Crippen molar-refractivity contribution in [3.63, 3.8) is 0 Å². The van der Waals surface area contributed by atoms with Crippen molar-refractivity contribution in [2.45, 2.75) is 24.7 Å². The van der Waals surface area contributed by atoms with E-state index < -0.39 is 11.7 Å². The Hall–Kier alpha value is -2.35. The maximum Gasteiger partial charge on any atom is 0.278 e. The molecule has 2 aromatic heterocycles. The van der Waals surface area contributed by atoms with Crippen molar-refractivity contribution in [3.8, 4) is 0 Å². The molecule has 1 amide bonds. The molecule has 0 radical (unpaired) electrons. The van der Waals surface area contributed by atoms with E-state index in [0.717, 1.165) is 12.2 Å². The van der Waals surface area contributed by atoms with Gasteiger partial charge in [0.25, 0.3) is 5.56 Å². The third kappa shape index (κ3) is 2.13. The van der Waals surface area contributed by atoms with Crippen LogP contribution in [0.2, 0.25) is 0 Å². The number of thioether (sulfide) groups is 1. The zero-order valence-electron chi connectivity index (χ0n) is 12.1. The Balaban J connectivity index is 2.19. The van der Waals surface area contributed by atoms with Crippen LogP contribution in [-0.4, -0.2) is 25.8 Å². The van der Waals surface area contributed by atoms with Gasteiger partial charge in [-0.15, -0.1) is 0 Å². The quantitative estimate of drug-likeness (QED) is 0.721. The number of primary amides is 1. The Morgan fingerprint density at radius 3 is 3.04 bits per heavy atom. The number of rotatable bonds is 2. The molecule has 0 unspecified atom stereocenters. The fourth-order valence-corrected chi connectivity index (χ4v) is 3.97. The van der Waals surface area contributed by atoms with Crippen molar-refractivity contribution in [2.75, 3.05) is 5.75 Å². The van der Waals surface area contributed by atoms with Crippen molar-refractivity contribution in [1.29, 1.82) is 0 Å². The molecule has 0 aliphatic carbocycles. The average Bonchev–Trinajstić information content (AvgIpc) is 2.81. The number of fused-ring (bicyclic) bond motifs is 4. The SMILES string of the molecule is NC(=O)Cn1c2ccc(F)cc2c2nc3n(c(=O)c21)CCCS3. The Bertz CT molecular complexity index is 1020. The minimum Gasteiger partial charge on any atom is -0.368 e. The standard InChI is InChI=1S/C15H13FN4O2S/c16-8-2-3-10-9(6-8)12-13(20(10)7-11(17)21)14(22)19-4-1-5-23-15(19)18-12/h2-3,6H,1,4-5,7H2,(H2,17,21). The van der Waals surface area contributed by atoms with Gasteiger partial charge < -0.3 is 10.3 Å². The Morgan fingerprint density at radius 1 is 1.43 bits per heavy atom. The van der Waals surface area contributed by atoms with Crippen LogP contribution in [0.1, 0.15) is 6.42 Å². The molecular weight excluding hydrogens is 319 g/mol. The largest absolute Gasteiger partial charge is 0.368 e. The maximum absolute atomic E-state index is 13.7. The Labute approximate surface area is 134 Å². The van der Waals surface area contributed by atoms with Gasteiger partial charge in [-0.2, -0.15) is 0 Å². The summed E-state index contributed by atoms with van der Waals surface area (Å²) < 4.78 is 16.8. The van der Waals surface area contributed by atoms with Crippen molar-refractivity contribution >= 4 is 39.6 Å². The van der Waals surface area contributed by atoms with E-state index in [1.54, 1.807) is 10.6 Å². The van der Waals surface area contributed by atoms with Crippen LogP contribution < -0.4 is 11.3 Å². The topological polar surface area (TPSA) is 82.9 Å². The molecule has 118 valence electrons. The van der Waals surface area contributed by atoms with Gasteiger partial charge in [-0.25, -0.2) is 9.37 Å². The zero-order valence-corrected chi connectivity index (χ0v) is 12.9. The fourth-order valence-electron chi connectivity index (χ4n) is 3.02. The predicted octanol–water partition coefficient (Wildman–Crippen LogP) is 1.47. The molecule has 23 heavy (non-hydrogen) atoms. The van der Waals surface area contributed by atoms with E-state index in [4.69, 9.17) is 5.73 Å². The molecule has 1 aromatic carbocycles. The zero-order chi connectivity index (χ0) is 16.1. The van der Waals surface area contributed by atoms with Gasteiger partial charge in [0.1, 0.15) is 23.4 Å².